The summed E-state index contributed by atoms with van der Waals surface area (Å²) in [6.07, 6.45) is 1.22. The smallest absolute Gasteiger partial charge is 0.228 e. The molecule has 0 heterocycles. The molecule has 4 heteroatoms. The summed E-state index contributed by atoms with van der Waals surface area (Å²) in [6.45, 7) is 0. The van der Waals surface area contributed by atoms with Crippen LogP contribution in [0.25, 0.3) is 0 Å². The van der Waals surface area contributed by atoms with E-state index in [0.29, 0.717) is 18.4 Å². The van der Waals surface area contributed by atoms with Crippen molar-refractivity contribution in [3.63, 3.8) is 0 Å². The van der Waals surface area contributed by atoms with Crippen LogP contribution >= 0.6 is 11.6 Å². The first-order chi connectivity index (χ1) is 6.58. The molecule has 74 valence electrons. The molecule has 1 amide bonds. The molecule has 2 nitrogen and oxygen atoms in total. The van der Waals surface area contributed by atoms with Gasteiger partial charge in [-0.3, -0.25) is 4.79 Å². The van der Waals surface area contributed by atoms with Crippen LogP contribution in [0.15, 0.2) is 18.2 Å². The Hall–Kier alpha value is -1.09. The Morgan fingerprint density at radius 3 is 2.64 bits per heavy atom. The van der Waals surface area contributed by atoms with Crippen LogP contribution in [-0.4, -0.2) is 5.91 Å². The van der Waals surface area contributed by atoms with Gasteiger partial charge in [0, 0.05) is 5.56 Å². The van der Waals surface area contributed by atoms with E-state index < -0.39 is 17.1 Å². The van der Waals surface area contributed by atoms with Gasteiger partial charge in [-0.1, -0.05) is 23.7 Å². The van der Waals surface area contributed by atoms with Crippen LogP contribution in [0.2, 0.25) is 5.02 Å². The average molecular weight is 214 g/mol. The van der Waals surface area contributed by atoms with E-state index in [9.17, 15) is 9.18 Å². The first-order valence-electron chi connectivity index (χ1n) is 4.32. The Morgan fingerprint density at radius 1 is 1.50 bits per heavy atom. The number of carbonyl (C=O) groups excluding carboxylic acids is 1. The summed E-state index contributed by atoms with van der Waals surface area (Å²) >= 11 is 5.63. The van der Waals surface area contributed by atoms with E-state index in [4.69, 9.17) is 17.3 Å². The van der Waals surface area contributed by atoms with Crippen molar-refractivity contribution in [2.24, 2.45) is 5.73 Å². The lowest BCUT2D eigenvalue weighted by molar-refractivity contribution is -0.120. The topological polar surface area (TPSA) is 43.1 Å². The van der Waals surface area contributed by atoms with Gasteiger partial charge in [0.25, 0.3) is 0 Å². The zero-order valence-corrected chi connectivity index (χ0v) is 8.14. The maximum Gasteiger partial charge on any atom is 0.228 e. The number of amides is 1. The predicted octanol–water partition coefficient (Wildman–Crippen LogP) is 2.00. The summed E-state index contributed by atoms with van der Waals surface area (Å²) in [5, 5.41) is 0.0371. The molecule has 2 N–H and O–H groups in total. The molecule has 1 saturated carbocycles. The fourth-order valence-corrected chi connectivity index (χ4v) is 1.82. The van der Waals surface area contributed by atoms with Gasteiger partial charge in [0.1, 0.15) is 5.82 Å². The first-order valence-corrected chi connectivity index (χ1v) is 4.70. The van der Waals surface area contributed by atoms with E-state index in [0.717, 1.165) is 0 Å². The summed E-state index contributed by atoms with van der Waals surface area (Å²) in [5.41, 5.74) is 4.77. The van der Waals surface area contributed by atoms with Crippen LogP contribution < -0.4 is 5.73 Å². The summed E-state index contributed by atoms with van der Waals surface area (Å²) < 4.78 is 13.6. The molecular weight excluding hydrogens is 205 g/mol. The number of rotatable bonds is 2. The van der Waals surface area contributed by atoms with Gasteiger partial charge in [-0.15, -0.1) is 0 Å². The third kappa shape index (κ3) is 1.20. The van der Waals surface area contributed by atoms with Crippen LogP contribution in [0, 0.1) is 5.82 Å². The lowest BCUT2D eigenvalue weighted by Gasteiger charge is -2.12. The van der Waals surface area contributed by atoms with Gasteiger partial charge >= 0.3 is 0 Å². The average Bonchev–Trinajstić information content (AvgIpc) is 2.90. The zero-order chi connectivity index (χ0) is 10.3. The van der Waals surface area contributed by atoms with E-state index in [2.05, 4.69) is 0 Å². The van der Waals surface area contributed by atoms with E-state index >= 15 is 0 Å². The van der Waals surface area contributed by atoms with Gasteiger partial charge in [-0.25, -0.2) is 4.39 Å². The second-order valence-electron chi connectivity index (χ2n) is 3.55. The highest BCUT2D eigenvalue weighted by Crippen LogP contribution is 2.49. The second kappa shape index (κ2) is 2.95. The van der Waals surface area contributed by atoms with Crippen molar-refractivity contribution in [3.05, 3.63) is 34.6 Å². The molecule has 0 aliphatic heterocycles. The van der Waals surface area contributed by atoms with Gasteiger partial charge < -0.3 is 5.73 Å². The van der Waals surface area contributed by atoms with Crippen molar-refractivity contribution in [2.75, 3.05) is 0 Å². The molecule has 1 fully saturated rings. The number of halogens is 2. The molecule has 1 aliphatic rings. The molecule has 1 aliphatic carbocycles. The summed E-state index contributed by atoms with van der Waals surface area (Å²) in [7, 11) is 0. The van der Waals surface area contributed by atoms with E-state index in [1.807, 2.05) is 0 Å². The van der Waals surface area contributed by atoms with Crippen LogP contribution in [-0.2, 0) is 10.2 Å². The van der Waals surface area contributed by atoms with Crippen molar-refractivity contribution in [1.82, 2.24) is 0 Å². The molecule has 0 radical (unpaired) electrons. The minimum absolute atomic E-state index is 0.0371. The number of hydrogen-bond donors (Lipinski definition) is 1. The summed E-state index contributed by atoms with van der Waals surface area (Å²) in [6, 6.07) is 4.65. The maximum atomic E-state index is 13.6. The van der Waals surface area contributed by atoms with Crippen LogP contribution in [0.3, 0.4) is 0 Å². The first kappa shape index (κ1) is 9.46. The number of benzene rings is 1. The number of nitrogens with two attached hydrogens (primary N) is 1. The molecule has 2 rings (SSSR count). The van der Waals surface area contributed by atoms with Crippen molar-refractivity contribution in [3.8, 4) is 0 Å². The van der Waals surface area contributed by atoms with Gasteiger partial charge in [0.05, 0.1) is 10.4 Å². The quantitative estimate of drug-likeness (QED) is 0.802. The third-order valence-corrected chi connectivity index (χ3v) is 2.98. The fourth-order valence-electron chi connectivity index (χ4n) is 1.65. The highest BCUT2D eigenvalue weighted by molar-refractivity contribution is 6.30. The van der Waals surface area contributed by atoms with Crippen molar-refractivity contribution >= 4 is 17.5 Å². The number of carbonyl (C=O) groups is 1. The van der Waals surface area contributed by atoms with Crippen LogP contribution in [0.4, 0.5) is 4.39 Å². The molecule has 0 spiro atoms. The van der Waals surface area contributed by atoms with Gasteiger partial charge in [0.15, 0.2) is 0 Å². The van der Waals surface area contributed by atoms with Crippen LogP contribution in [0.5, 0.6) is 0 Å². The van der Waals surface area contributed by atoms with Gasteiger partial charge in [-0.2, -0.15) is 0 Å². The monoisotopic (exact) mass is 213 g/mol. The Morgan fingerprint density at radius 2 is 2.14 bits per heavy atom. The van der Waals surface area contributed by atoms with Crippen molar-refractivity contribution in [1.29, 1.82) is 0 Å². The Balaban J connectivity index is 2.52. The van der Waals surface area contributed by atoms with Gasteiger partial charge in [-0.05, 0) is 18.9 Å². The van der Waals surface area contributed by atoms with Gasteiger partial charge in [0.2, 0.25) is 5.91 Å². The van der Waals surface area contributed by atoms with Crippen molar-refractivity contribution in [2.45, 2.75) is 18.3 Å². The van der Waals surface area contributed by atoms with E-state index in [-0.39, 0.29) is 5.02 Å². The summed E-state index contributed by atoms with van der Waals surface area (Å²) in [4.78, 5) is 11.2. The number of primary amides is 1. The minimum Gasteiger partial charge on any atom is -0.369 e. The molecule has 1 aromatic carbocycles. The van der Waals surface area contributed by atoms with E-state index in [1.54, 1.807) is 12.1 Å². The Kier molecular flexibility index (Phi) is 2.00. The van der Waals surface area contributed by atoms with Crippen LogP contribution in [0.1, 0.15) is 18.4 Å². The zero-order valence-electron chi connectivity index (χ0n) is 7.39. The molecular formula is C10H9ClFNO. The highest BCUT2D eigenvalue weighted by Gasteiger charge is 2.51. The molecule has 14 heavy (non-hydrogen) atoms. The molecule has 0 saturated heterocycles. The maximum absolute atomic E-state index is 13.6. The Labute approximate surface area is 85.9 Å². The summed E-state index contributed by atoms with van der Waals surface area (Å²) in [5.74, 6) is -0.996. The molecule has 1 aromatic rings. The Bertz CT molecular complexity index is 401. The minimum atomic E-state index is -0.797. The predicted molar refractivity (Wildman–Crippen MR) is 51.5 cm³/mol. The SMILES string of the molecule is NC(=O)C1(c2cccc(Cl)c2F)CC1. The molecule has 0 bridgehead atoms. The highest BCUT2D eigenvalue weighted by atomic mass is 35.5. The van der Waals surface area contributed by atoms with E-state index in [1.165, 1.54) is 6.07 Å². The largest absolute Gasteiger partial charge is 0.369 e. The third-order valence-electron chi connectivity index (χ3n) is 2.69. The lowest BCUT2D eigenvalue weighted by Crippen LogP contribution is -2.29. The number of hydrogen-bond acceptors (Lipinski definition) is 1. The fraction of sp³-hybridized carbons (Fsp3) is 0.300. The molecule has 0 unspecified atom stereocenters. The lowest BCUT2D eigenvalue weighted by atomic mass is 9.95. The molecule has 0 atom stereocenters. The second-order valence-corrected chi connectivity index (χ2v) is 3.95. The normalized spacial score (nSPS) is 17.9. The standard InChI is InChI=1S/C10H9ClFNO/c11-7-3-1-2-6(8(7)12)10(4-5-10)9(13)14/h1-3H,4-5H2,(H2,13,14). The molecule has 0 aromatic heterocycles. The van der Waals surface area contributed by atoms with Crippen molar-refractivity contribution < 1.29 is 9.18 Å².